The van der Waals surface area contributed by atoms with Crippen molar-refractivity contribution in [3.8, 4) is 0 Å². The molecule has 20 heavy (non-hydrogen) atoms. The summed E-state index contributed by atoms with van der Waals surface area (Å²) >= 11 is 1.24. The molecule has 0 N–H and O–H groups in total. The molecule has 0 bridgehead atoms. The highest BCUT2D eigenvalue weighted by atomic mass is 32.1. The molecule has 0 atom stereocenters. The molecule has 0 fully saturated rings. The predicted octanol–water partition coefficient (Wildman–Crippen LogP) is 4.72. The Morgan fingerprint density at radius 1 is 1.05 bits per heavy atom. The van der Waals surface area contributed by atoms with Crippen LogP contribution in [0.3, 0.4) is 0 Å². The number of aryl methyl sites for hydroxylation is 1. The van der Waals surface area contributed by atoms with E-state index in [0.29, 0.717) is 16.0 Å². The lowest BCUT2D eigenvalue weighted by molar-refractivity contribution is 0.104. The maximum absolute atomic E-state index is 13.2. The van der Waals surface area contributed by atoms with E-state index < -0.39 is 0 Å². The third-order valence-corrected chi connectivity index (χ3v) is 4.22. The molecule has 1 heterocycles. The van der Waals surface area contributed by atoms with Crippen molar-refractivity contribution in [2.45, 2.75) is 6.92 Å². The van der Waals surface area contributed by atoms with Gasteiger partial charge in [0.2, 0.25) is 5.78 Å². The van der Waals surface area contributed by atoms with E-state index in [-0.39, 0.29) is 17.4 Å². The van der Waals surface area contributed by atoms with Crippen LogP contribution in [-0.4, -0.2) is 5.78 Å². The fraction of sp³-hybridized carbons (Fsp3) is 0.0625. The molecular formula is C16H10F2OS. The third kappa shape index (κ3) is 2.23. The third-order valence-electron chi connectivity index (χ3n) is 3.13. The summed E-state index contributed by atoms with van der Waals surface area (Å²) in [6.45, 7) is 1.62. The van der Waals surface area contributed by atoms with E-state index in [2.05, 4.69) is 0 Å². The standard InChI is InChI=1S/C16H10F2OS/c1-9-6-11(3-5-13(9)18)16(19)15-7-10-2-4-12(17)8-14(10)20-15/h2-8H,1H3. The monoisotopic (exact) mass is 288 g/mol. The molecule has 100 valence electrons. The van der Waals surface area contributed by atoms with Crippen molar-refractivity contribution in [2.24, 2.45) is 0 Å². The van der Waals surface area contributed by atoms with E-state index in [9.17, 15) is 13.6 Å². The highest BCUT2D eigenvalue weighted by molar-refractivity contribution is 7.21. The number of ketones is 1. The van der Waals surface area contributed by atoms with Crippen LogP contribution in [0.4, 0.5) is 8.78 Å². The summed E-state index contributed by atoms with van der Waals surface area (Å²) in [6.07, 6.45) is 0. The van der Waals surface area contributed by atoms with Crippen molar-refractivity contribution in [1.82, 2.24) is 0 Å². The van der Waals surface area contributed by atoms with Gasteiger partial charge in [-0.3, -0.25) is 4.79 Å². The molecule has 3 aromatic rings. The largest absolute Gasteiger partial charge is 0.288 e. The molecule has 1 nitrogen and oxygen atoms in total. The van der Waals surface area contributed by atoms with Gasteiger partial charge < -0.3 is 0 Å². The quantitative estimate of drug-likeness (QED) is 0.624. The van der Waals surface area contributed by atoms with Gasteiger partial charge in [-0.25, -0.2) is 8.78 Å². The van der Waals surface area contributed by atoms with Gasteiger partial charge in [0.05, 0.1) is 4.88 Å². The van der Waals surface area contributed by atoms with Gasteiger partial charge in [0.1, 0.15) is 11.6 Å². The number of halogens is 2. The summed E-state index contributed by atoms with van der Waals surface area (Å²) in [6, 6.07) is 10.4. The first-order valence-corrected chi connectivity index (χ1v) is 6.86. The Hall–Kier alpha value is -2.07. The maximum atomic E-state index is 13.2. The normalized spacial score (nSPS) is 10.9. The van der Waals surface area contributed by atoms with Crippen LogP contribution in [0.1, 0.15) is 20.8 Å². The van der Waals surface area contributed by atoms with Gasteiger partial charge in [-0.15, -0.1) is 11.3 Å². The van der Waals surface area contributed by atoms with Crippen molar-refractivity contribution in [2.75, 3.05) is 0 Å². The van der Waals surface area contributed by atoms with Crippen molar-refractivity contribution >= 4 is 27.2 Å². The number of thiophene rings is 1. The average molecular weight is 288 g/mol. The molecule has 0 aliphatic carbocycles. The van der Waals surface area contributed by atoms with Gasteiger partial charge in [0, 0.05) is 10.3 Å². The van der Waals surface area contributed by atoms with E-state index >= 15 is 0 Å². The fourth-order valence-electron chi connectivity index (χ4n) is 2.05. The number of benzene rings is 2. The van der Waals surface area contributed by atoms with E-state index in [4.69, 9.17) is 0 Å². The van der Waals surface area contributed by atoms with Crippen LogP contribution in [0.5, 0.6) is 0 Å². The van der Waals surface area contributed by atoms with Crippen molar-refractivity contribution in [3.63, 3.8) is 0 Å². The Kier molecular flexibility index (Phi) is 3.10. The zero-order chi connectivity index (χ0) is 14.3. The number of carbonyl (C=O) groups excluding carboxylic acids is 1. The number of hydrogen-bond acceptors (Lipinski definition) is 2. The summed E-state index contributed by atoms with van der Waals surface area (Å²) in [5, 5.41) is 0.832. The lowest BCUT2D eigenvalue weighted by Gasteiger charge is -2.00. The first-order chi connectivity index (χ1) is 9.54. The van der Waals surface area contributed by atoms with Crippen molar-refractivity contribution in [1.29, 1.82) is 0 Å². The average Bonchev–Trinajstić information content (AvgIpc) is 2.84. The van der Waals surface area contributed by atoms with E-state index in [1.807, 2.05) is 0 Å². The topological polar surface area (TPSA) is 17.1 Å². The van der Waals surface area contributed by atoms with Crippen LogP contribution in [0.25, 0.3) is 10.1 Å². The van der Waals surface area contributed by atoms with Crippen LogP contribution in [0.15, 0.2) is 42.5 Å². The zero-order valence-corrected chi connectivity index (χ0v) is 11.4. The highest BCUT2D eigenvalue weighted by Gasteiger charge is 2.14. The van der Waals surface area contributed by atoms with E-state index in [1.54, 1.807) is 19.1 Å². The number of rotatable bonds is 2. The highest BCUT2D eigenvalue weighted by Crippen LogP contribution is 2.28. The van der Waals surface area contributed by atoms with Crippen LogP contribution >= 0.6 is 11.3 Å². The van der Waals surface area contributed by atoms with E-state index in [1.165, 1.54) is 41.7 Å². The molecule has 0 aliphatic rings. The van der Waals surface area contributed by atoms with Gasteiger partial charge in [0.15, 0.2) is 0 Å². The molecule has 2 aromatic carbocycles. The Labute approximate surface area is 118 Å². The summed E-state index contributed by atoms with van der Waals surface area (Å²) in [7, 11) is 0. The molecule has 0 saturated carbocycles. The Morgan fingerprint density at radius 3 is 2.60 bits per heavy atom. The SMILES string of the molecule is Cc1cc(C(=O)c2cc3ccc(F)cc3s2)ccc1F. The molecule has 4 heteroatoms. The first kappa shape index (κ1) is 12.9. The minimum absolute atomic E-state index is 0.172. The van der Waals surface area contributed by atoms with Crippen LogP contribution in [-0.2, 0) is 0 Å². The summed E-state index contributed by atoms with van der Waals surface area (Å²) in [4.78, 5) is 12.9. The van der Waals surface area contributed by atoms with E-state index in [0.717, 1.165) is 10.1 Å². The van der Waals surface area contributed by atoms with Gasteiger partial charge in [-0.05, 0) is 54.3 Å². The fourth-order valence-corrected chi connectivity index (χ4v) is 3.09. The zero-order valence-electron chi connectivity index (χ0n) is 10.6. The number of carbonyl (C=O) groups is 1. The Balaban J connectivity index is 2.05. The van der Waals surface area contributed by atoms with Crippen LogP contribution < -0.4 is 0 Å². The summed E-state index contributed by atoms with van der Waals surface area (Å²) < 4.78 is 27.1. The molecule has 0 saturated heterocycles. The second-order valence-corrected chi connectivity index (χ2v) is 5.67. The van der Waals surface area contributed by atoms with Crippen molar-refractivity contribution < 1.29 is 13.6 Å². The van der Waals surface area contributed by atoms with Crippen LogP contribution in [0, 0.1) is 18.6 Å². The number of fused-ring (bicyclic) bond motifs is 1. The lowest BCUT2D eigenvalue weighted by atomic mass is 10.1. The minimum Gasteiger partial charge on any atom is -0.288 e. The molecule has 0 radical (unpaired) electrons. The minimum atomic E-state index is -0.333. The number of hydrogen-bond donors (Lipinski definition) is 0. The maximum Gasteiger partial charge on any atom is 0.202 e. The molecular weight excluding hydrogens is 278 g/mol. The first-order valence-electron chi connectivity index (χ1n) is 6.04. The van der Waals surface area contributed by atoms with Gasteiger partial charge in [-0.1, -0.05) is 6.07 Å². The second kappa shape index (κ2) is 4.80. The second-order valence-electron chi connectivity index (χ2n) is 4.59. The molecule has 0 unspecified atom stereocenters. The van der Waals surface area contributed by atoms with Crippen molar-refractivity contribution in [3.05, 3.63) is 70.1 Å². The Bertz CT molecular complexity index is 820. The lowest BCUT2D eigenvalue weighted by Crippen LogP contribution is -1.99. The van der Waals surface area contributed by atoms with Crippen LogP contribution in [0.2, 0.25) is 0 Å². The summed E-state index contributed by atoms with van der Waals surface area (Å²) in [5.41, 5.74) is 0.874. The molecule has 1 aromatic heterocycles. The molecule has 0 amide bonds. The van der Waals surface area contributed by atoms with Gasteiger partial charge >= 0.3 is 0 Å². The molecule has 3 rings (SSSR count). The van der Waals surface area contributed by atoms with Gasteiger partial charge in [0.25, 0.3) is 0 Å². The Morgan fingerprint density at radius 2 is 1.85 bits per heavy atom. The predicted molar refractivity (Wildman–Crippen MR) is 76.4 cm³/mol. The molecule has 0 spiro atoms. The van der Waals surface area contributed by atoms with Gasteiger partial charge in [-0.2, -0.15) is 0 Å². The smallest absolute Gasteiger partial charge is 0.202 e. The summed E-state index contributed by atoms with van der Waals surface area (Å²) in [5.74, 6) is -0.828. The molecule has 0 aliphatic heterocycles.